The van der Waals surface area contributed by atoms with Crippen LogP contribution in [0.25, 0.3) is 16.7 Å². The van der Waals surface area contributed by atoms with Crippen molar-refractivity contribution < 1.29 is 61.9 Å². The van der Waals surface area contributed by atoms with E-state index in [4.69, 9.17) is 19.7 Å². The molecule has 0 unspecified atom stereocenters. The number of hydrogen-bond acceptors (Lipinski definition) is 15. The molecule has 2 aromatic heterocycles. The van der Waals surface area contributed by atoms with E-state index >= 15 is 0 Å². The van der Waals surface area contributed by atoms with Crippen LogP contribution in [0.1, 0.15) is 104 Å². The number of carbonyl (C=O) groups is 2. The monoisotopic (exact) mass is 1090 g/mol. The van der Waals surface area contributed by atoms with Gasteiger partial charge in [-0.3, -0.25) is 23.2 Å². The molecule has 25 heteroatoms. The fraction of sp³-hybridized carbons (Fsp3) is 0.490. The Bertz CT molecular complexity index is 3220. The lowest BCUT2D eigenvalue weighted by Gasteiger charge is -2.33. The van der Waals surface area contributed by atoms with Crippen molar-refractivity contribution >= 4 is 61.7 Å². The van der Waals surface area contributed by atoms with Crippen molar-refractivity contribution in [3.8, 4) is 11.5 Å². The summed E-state index contributed by atoms with van der Waals surface area (Å²) in [5.74, 6) is 1.40. The van der Waals surface area contributed by atoms with Gasteiger partial charge >= 0.3 is 15.6 Å². The van der Waals surface area contributed by atoms with E-state index in [1.807, 2.05) is 24.3 Å². The third-order valence-electron chi connectivity index (χ3n) is 14.4. The van der Waals surface area contributed by atoms with E-state index in [9.17, 15) is 43.4 Å². The number of aryl methyl sites for hydroxylation is 2. The number of nitrogen functional groups attached to an aromatic ring is 1. The summed E-state index contributed by atoms with van der Waals surface area (Å²) in [5.41, 5.74) is 13.4. The van der Waals surface area contributed by atoms with Crippen LogP contribution < -0.4 is 41.2 Å². The zero-order chi connectivity index (χ0) is 53.9. The van der Waals surface area contributed by atoms with E-state index in [1.54, 1.807) is 11.9 Å². The molecule has 9 rings (SSSR count). The summed E-state index contributed by atoms with van der Waals surface area (Å²) in [4.78, 5) is 82.0. The molecule has 0 spiro atoms. The van der Waals surface area contributed by atoms with E-state index in [2.05, 4.69) is 77.7 Å². The highest BCUT2D eigenvalue weighted by molar-refractivity contribution is 7.46. The van der Waals surface area contributed by atoms with Gasteiger partial charge in [0.2, 0.25) is 17.2 Å². The number of amides is 2. The number of fused-ring (bicyclic) bond motifs is 5. The molecule has 4 aliphatic heterocycles. The lowest BCUT2D eigenvalue weighted by molar-refractivity contribution is -0.121. The van der Waals surface area contributed by atoms with Crippen molar-refractivity contribution in [3.63, 3.8) is 0 Å². The Morgan fingerprint density at radius 3 is 2.47 bits per heavy atom. The van der Waals surface area contributed by atoms with Crippen molar-refractivity contribution in [1.29, 1.82) is 0 Å². The number of benzene rings is 3. The van der Waals surface area contributed by atoms with Gasteiger partial charge in [-0.15, -0.1) is 0 Å². The number of phosphoric ester groups is 2. The fourth-order valence-corrected chi connectivity index (χ4v) is 11.6. The summed E-state index contributed by atoms with van der Waals surface area (Å²) >= 11 is 0. The van der Waals surface area contributed by atoms with Crippen molar-refractivity contribution in [2.45, 2.75) is 103 Å². The highest BCUT2D eigenvalue weighted by atomic mass is 31.2. The molecule has 0 bridgehead atoms. The number of aliphatic hydroxyl groups is 1. The van der Waals surface area contributed by atoms with E-state index < -0.39 is 46.8 Å². The third kappa shape index (κ3) is 12.1. The molecular formula is C51H67N10O13P2+. The van der Waals surface area contributed by atoms with Crippen molar-refractivity contribution in [2.75, 3.05) is 75.4 Å². The molecule has 23 nitrogen and oxygen atoms in total. The molecule has 0 saturated carbocycles. The van der Waals surface area contributed by atoms with Gasteiger partial charge in [-0.2, -0.15) is 0 Å². The van der Waals surface area contributed by atoms with E-state index in [0.29, 0.717) is 44.5 Å². The lowest BCUT2D eigenvalue weighted by Crippen LogP contribution is -2.39. The number of nitrogens with two attached hydrogens (primary N) is 1. The molecule has 4 atom stereocenters. The van der Waals surface area contributed by atoms with Gasteiger partial charge in [0.05, 0.1) is 12.7 Å². The van der Waals surface area contributed by atoms with Gasteiger partial charge in [-0.05, 0) is 81.7 Å². The number of aliphatic hydroxyl groups excluding tert-OH is 1. The predicted molar refractivity (Wildman–Crippen MR) is 282 cm³/mol. The van der Waals surface area contributed by atoms with Gasteiger partial charge in [0.25, 0.3) is 5.91 Å². The largest absolute Gasteiger partial charge is 0.470 e. The number of rotatable bonds is 22. The van der Waals surface area contributed by atoms with E-state index in [-0.39, 0.29) is 41.2 Å². The summed E-state index contributed by atoms with van der Waals surface area (Å²) < 4.78 is 49.2. The van der Waals surface area contributed by atoms with Crippen LogP contribution in [0.2, 0.25) is 0 Å². The van der Waals surface area contributed by atoms with Gasteiger partial charge in [-0.1, -0.05) is 31.0 Å². The fourth-order valence-electron chi connectivity index (χ4n) is 10.7. The molecule has 0 aliphatic carbocycles. The normalized spacial score (nSPS) is 19.2. The Balaban J connectivity index is 0.791. The number of imidazole rings is 1. The molecule has 9 N–H and O–H groups in total. The zero-order valence-corrected chi connectivity index (χ0v) is 44.6. The summed E-state index contributed by atoms with van der Waals surface area (Å²) in [5, 5.41) is 19.3. The first-order valence-corrected chi connectivity index (χ1v) is 29.0. The second-order valence-electron chi connectivity index (χ2n) is 19.5. The standard InChI is InChI=1S/C51H66N10O13P2/c1-4-59-23-12-15-31-25-35-39(27-37(31)59)72-40-28-38-32(16-13-24-60(38)5-2)26-36(40)43(35)33-17-8-9-18-34(33)49(64)58(3)22-14-19-42(62)53-20-10-6-7-11-21-54-51-57-44-47(52)55-30-56-48(44)61(51)50-46(74-76(68,69)70)45(63)41(73-50)29-71-75(65,66)67/h8-9,17-18,25-28,30,41,45-46,50,52,63H,4-7,10-16,19-24,29H2,1-3H3,(H6,53,62,64,65,66,67,68,69,70)/p+1/t41-,45-,46-,50-/m1/s1. The minimum absolute atomic E-state index is 0.0195. The summed E-state index contributed by atoms with van der Waals surface area (Å²) in [7, 11) is -8.48. The Labute approximate surface area is 439 Å². The topological polar surface area (TPSA) is 310 Å². The summed E-state index contributed by atoms with van der Waals surface area (Å²) in [6.07, 6.45) is 2.18. The number of hydrogen-bond donors (Lipinski definition) is 8. The van der Waals surface area contributed by atoms with Crippen LogP contribution in [0.3, 0.4) is 0 Å². The Kier molecular flexibility index (Phi) is 16.9. The number of phosphoric acid groups is 2. The highest BCUT2D eigenvalue weighted by Crippen LogP contribution is 2.48. The van der Waals surface area contributed by atoms with E-state index in [0.717, 1.165) is 104 Å². The molecule has 0 radical (unpaired) electrons. The first kappa shape index (κ1) is 54.9. The maximum Gasteiger partial charge on any atom is 0.470 e. The number of nitrogens with one attached hydrogen (secondary N) is 2. The number of nitrogens with zero attached hydrogens (tertiary/aromatic N) is 7. The van der Waals surface area contributed by atoms with Crippen molar-refractivity contribution in [1.82, 2.24) is 34.3 Å². The Hall–Kier alpha value is -5.84. The minimum Gasteiger partial charge on any atom is -0.456 e. The molecule has 2 amide bonds. The van der Waals surface area contributed by atoms with Crippen LogP contribution in [0, 0.1) is 0 Å². The second-order valence-corrected chi connectivity index (χ2v) is 21.9. The maximum absolute atomic E-state index is 14.5. The molecule has 1 saturated heterocycles. The average Bonchev–Trinajstić information content (AvgIpc) is 3.99. The van der Waals surface area contributed by atoms with Gasteiger partial charge in [0.1, 0.15) is 49.2 Å². The minimum atomic E-state index is -5.25. The number of anilines is 3. The van der Waals surface area contributed by atoms with Crippen LogP contribution in [0.15, 0.2) is 54.9 Å². The SMILES string of the molecule is CCN1CCCc2cc3c(cc21)Oc1cc2c(cc1=C3c1ccccc1C(=O)N(C)CCCC(=O)NCCCCCCNc1nc3c(N)ncnc3n1[C@@H]1O[C@H](COP(=O)(O)O)[C@@H](O)[C@H]1OP(=O)(O)O)CCC[N+]=2CC. The summed E-state index contributed by atoms with van der Waals surface area (Å²) in [6, 6.07) is 16.8. The molecule has 408 valence electrons. The molecule has 76 heavy (non-hydrogen) atoms. The molecule has 1 fully saturated rings. The number of aromatic nitrogens is 4. The van der Waals surface area contributed by atoms with Gasteiger partial charge in [0.15, 0.2) is 23.2 Å². The van der Waals surface area contributed by atoms with Crippen LogP contribution in [0.5, 0.6) is 11.5 Å². The zero-order valence-electron chi connectivity index (χ0n) is 42.8. The number of carbonyl (C=O) groups excluding carboxylic acids is 2. The molecular weight excluding hydrogens is 1020 g/mol. The van der Waals surface area contributed by atoms with Gasteiger partial charge in [-0.25, -0.2) is 28.7 Å². The van der Waals surface area contributed by atoms with E-state index in [1.165, 1.54) is 26.7 Å². The molecule has 4 aliphatic rings. The maximum atomic E-state index is 14.5. The first-order chi connectivity index (χ1) is 36.4. The van der Waals surface area contributed by atoms with Crippen molar-refractivity contribution in [2.24, 2.45) is 0 Å². The highest BCUT2D eigenvalue weighted by Gasteiger charge is 2.50. The third-order valence-corrected chi connectivity index (χ3v) is 15.4. The lowest BCUT2D eigenvalue weighted by atomic mass is 9.86. The Morgan fingerprint density at radius 2 is 1.71 bits per heavy atom. The van der Waals surface area contributed by atoms with Gasteiger partial charge in [0, 0.05) is 91.8 Å². The second kappa shape index (κ2) is 23.4. The predicted octanol–water partition coefficient (Wildman–Crippen LogP) is 3.48. The van der Waals surface area contributed by atoms with Crippen molar-refractivity contribution in [3.05, 3.63) is 93.3 Å². The smallest absolute Gasteiger partial charge is 0.456 e. The quantitative estimate of drug-likeness (QED) is 0.0274. The Morgan fingerprint density at radius 1 is 0.934 bits per heavy atom. The molecule has 5 aromatic rings. The summed E-state index contributed by atoms with van der Waals surface area (Å²) in [6.45, 7) is 8.52. The first-order valence-electron chi connectivity index (χ1n) is 25.9. The average molecular weight is 1090 g/mol. The van der Waals surface area contributed by atoms with Crippen LogP contribution in [0.4, 0.5) is 17.5 Å². The van der Waals surface area contributed by atoms with Crippen LogP contribution in [-0.2, 0) is 40.6 Å². The molecule has 6 heterocycles. The van der Waals surface area contributed by atoms with Crippen LogP contribution >= 0.6 is 15.6 Å². The van der Waals surface area contributed by atoms with Crippen LogP contribution in [-0.4, -0.2) is 139 Å². The number of unbranched alkanes of at least 4 members (excludes halogenated alkanes) is 3. The van der Waals surface area contributed by atoms with Gasteiger partial charge < -0.3 is 60.3 Å². The number of ether oxygens (including phenoxy) is 2. The molecule has 3 aromatic carbocycles.